The predicted octanol–water partition coefficient (Wildman–Crippen LogP) is 6.82. The van der Waals surface area contributed by atoms with E-state index in [2.05, 4.69) is 38.3 Å². The Morgan fingerprint density at radius 2 is 1.77 bits per heavy atom. The fourth-order valence-electron chi connectivity index (χ4n) is 5.28. The summed E-state index contributed by atoms with van der Waals surface area (Å²) in [5, 5.41) is 18.4. The van der Waals surface area contributed by atoms with Crippen LogP contribution in [0.2, 0.25) is 0 Å². The Balaban J connectivity index is 1.41. The van der Waals surface area contributed by atoms with Gasteiger partial charge in [0.25, 0.3) is 0 Å². The maximum Gasteiger partial charge on any atom is 0.343 e. The third kappa shape index (κ3) is 4.67. The molecular weight excluding hydrogens is 505 g/mol. The molecule has 0 saturated carbocycles. The number of ether oxygens (including phenoxy) is 1. The van der Waals surface area contributed by atoms with Crippen LogP contribution in [0.5, 0.6) is 5.75 Å². The van der Waals surface area contributed by atoms with Crippen LogP contribution in [0, 0.1) is 24.1 Å². The van der Waals surface area contributed by atoms with Crippen LogP contribution in [-0.2, 0) is 0 Å². The Labute approximate surface area is 230 Å². The SMILES string of the molecule is Cc1[nH]nc2nc(-c3ccc(OC(=O)c4ccccc4)cc3F)c(C#N)c(-c3ccc(N4CCCCC4)cc3)c12. The van der Waals surface area contributed by atoms with Crippen molar-refractivity contribution < 1.29 is 13.9 Å². The van der Waals surface area contributed by atoms with Gasteiger partial charge in [-0.3, -0.25) is 5.10 Å². The maximum absolute atomic E-state index is 15.5. The van der Waals surface area contributed by atoms with Crippen molar-refractivity contribution >= 4 is 22.7 Å². The van der Waals surface area contributed by atoms with Crippen molar-refractivity contribution in [2.24, 2.45) is 0 Å². The molecule has 0 unspecified atom stereocenters. The molecule has 0 radical (unpaired) electrons. The molecule has 198 valence electrons. The van der Waals surface area contributed by atoms with E-state index in [1.54, 1.807) is 30.3 Å². The lowest BCUT2D eigenvalue weighted by Gasteiger charge is -2.29. The number of rotatable bonds is 5. The van der Waals surface area contributed by atoms with Gasteiger partial charge >= 0.3 is 5.97 Å². The van der Waals surface area contributed by atoms with Crippen LogP contribution in [0.4, 0.5) is 10.1 Å². The summed E-state index contributed by atoms with van der Waals surface area (Å²) in [4.78, 5) is 19.4. The zero-order chi connectivity index (χ0) is 27.6. The number of H-pyrrole nitrogens is 1. The third-order valence-electron chi connectivity index (χ3n) is 7.29. The smallest absolute Gasteiger partial charge is 0.343 e. The first-order valence-corrected chi connectivity index (χ1v) is 13.2. The highest BCUT2D eigenvalue weighted by molar-refractivity contribution is 6.01. The first-order valence-electron chi connectivity index (χ1n) is 13.2. The second kappa shape index (κ2) is 10.6. The Hall–Kier alpha value is -5.03. The number of esters is 1. The molecule has 0 bridgehead atoms. The van der Waals surface area contributed by atoms with Crippen molar-refractivity contribution in [1.29, 1.82) is 5.26 Å². The van der Waals surface area contributed by atoms with E-state index < -0.39 is 11.8 Å². The van der Waals surface area contributed by atoms with Crippen LogP contribution in [0.25, 0.3) is 33.4 Å². The first-order chi connectivity index (χ1) is 19.5. The number of piperidine rings is 1. The van der Waals surface area contributed by atoms with Crippen LogP contribution in [-0.4, -0.2) is 34.2 Å². The molecule has 3 aromatic carbocycles. The number of nitrogens with one attached hydrogen (secondary N) is 1. The fourth-order valence-corrected chi connectivity index (χ4v) is 5.28. The lowest BCUT2D eigenvalue weighted by molar-refractivity contribution is 0.0734. The van der Waals surface area contributed by atoms with E-state index in [1.807, 2.05) is 19.1 Å². The second-order valence-corrected chi connectivity index (χ2v) is 9.86. The van der Waals surface area contributed by atoms with E-state index in [4.69, 9.17) is 4.74 Å². The fraction of sp³-hybridized carbons (Fsp3) is 0.188. The number of anilines is 1. The van der Waals surface area contributed by atoms with Gasteiger partial charge < -0.3 is 9.64 Å². The van der Waals surface area contributed by atoms with Gasteiger partial charge in [0.2, 0.25) is 0 Å². The van der Waals surface area contributed by atoms with Gasteiger partial charge in [-0.1, -0.05) is 30.3 Å². The van der Waals surface area contributed by atoms with E-state index in [1.165, 1.54) is 31.4 Å². The molecule has 1 N–H and O–H groups in total. The minimum absolute atomic E-state index is 0.0545. The summed E-state index contributed by atoms with van der Waals surface area (Å²) in [7, 11) is 0. The Kier molecular flexibility index (Phi) is 6.71. The quantitative estimate of drug-likeness (QED) is 0.198. The molecule has 3 heterocycles. The van der Waals surface area contributed by atoms with Crippen LogP contribution >= 0.6 is 0 Å². The minimum atomic E-state index is -0.666. The van der Waals surface area contributed by atoms with Crippen molar-refractivity contribution in [2.75, 3.05) is 18.0 Å². The summed E-state index contributed by atoms with van der Waals surface area (Å²) in [6, 6.07) is 23.0. The van der Waals surface area contributed by atoms with Gasteiger partial charge in [0, 0.05) is 41.7 Å². The van der Waals surface area contributed by atoms with E-state index >= 15 is 4.39 Å². The number of aromatic nitrogens is 3. The number of nitrogens with zero attached hydrogens (tertiary/aromatic N) is 4. The lowest BCUT2D eigenvalue weighted by Crippen LogP contribution is -2.29. The van der Waals surface area contributed by atoms with Crippen molar-refractivity contribution in [1.82, 2.24) is 15.2 Å². The summed E-state index contributed by atoms with van der Waals surface area (Å²) < 4.78 is 20.9. The molecule has 1 saturated heterocycles. The summed E-state index contributed by atoms with van der Waals surface area (Å²) in [6.45, 7) is 3.94. The molecule has 1 fully saturated rings. The summed E-state index contributed by atoms with van der Waals surface area (Å²) in [5.74, 6) is -1.20. The van der Waals surface area contributed by atoms with E-state index in [9.17, 15) is 10.1 Å². The maximum atomic E-state index is 15.5. The summed E-state index contributed by atoms with van der Waals surface area (Å²) in [5.41, 5.74) is 4.67. The van der Waals surface area contributed by atoms with Crippen molar-refractivity contribution in [3.05, 3.63) is 95.4 Å². The molecule has 0 aliphatic carbocycles. The number of hydrogen-bond donors (Lipinski definition) is 1. The highest BCUT2D eigenvalue weighted by atomic mass is 19.1. The Morgan fingerprint density at radius 3 is 2.48 bits per heavy atom. The van der Waals surface area contributed by atoms with Gasteiger partial charge in [0.1, 0.15) is 17.6 Å². The van der Waals surface area contributed by atoms with Crippen LogP contribution in [0.15, 0.2) is 72.8 Å². The standard InChI is InChI=1S/C32H26FN5O2/c1-20-28-29(21-10-12-23(13-11-21)38-16-6-3-7-17-38)26(19-34)30(35-31(28)37-36-20)25-15-14-24(18-27(25)33)40-32(39)22-8-4-2-5-9-22/h2,4-5,8-15,18H,3,6-7,16-17H2,1H3,(H,35,36,37). The average molecular weight is 532 g/mol. The van der Waals surface area contributed by atoms with Gasteiger partial charge in [-0.05, 0) is 68.1 Å². The molecule has 2 aromatic heterocycles. The van der Waals surface area contributed by atoms with Crippen LogP contribution in [0.1, 0.15) is 40.9 Å². The highest BCUT2D eigenvalue weighted by Gasteiger charge is 2.23. The van der Waals surface area contributed by atoms with Crippen molar-refractivity contribution in [3.63, 3.8) is 0 Å². The predicted molar refractivity (Wildman–Crippen MR) is 152 cm³/mol. The normalized spacial score (nSPS) is 13.3. The first kappa shape index (κ1) is 25.3. The number of hydrogen-bond acceptors (Lipinski definition) is 6. The molecule has 0 atom stereocenters. The number of carbonyl (C=O) groups excluding carboxylic acids is 1. The number of pyridine rings is 1. The topological polar surface area (TPSA) is 94.9 Å². The minimum Gasteiger partial charge on any atom is -0.423 e. The van der Waals surface area contributed by atoms with E-state index in [0.717, 1.165) is 41.5 Å². The average Bonchev–Trinajstić information content (AvgIpc) is 3.37. The molecule has 1 aliphatic heterocycles. The van der Waals surface area contributed by atoms with Gasteiger partial charge in [-0.2, -0.15) is 10.4 Å². The molecule has 6 rings (SSSR count). The van der Waals surface area contributed by atoms with Gasteiger partial charge in [-0.15, -0.1) is 0 Å². The Morgan fingerprint density at radius 1 is 1.02 bits per heavy atom. The Bertz CT molecular complexity index is 1750. The van der Waals surface area contributed by atoms with Crippen LogP contribution < -0.4 is 9.64 Å². The van der Waals surface area contributed by atoms with Crippen LogP contribution in [0.3, 0.4) is 0 Å². The molecular formula is C32H26FN5O2. The summed E-state index contributed by atoms with van der Waals surface area (Å²) in [6.07, 6.45) is 3.61. The number of halogens is 1. The number of fused-ring (bicyclic) bond motifs is 1. The molecule has 1 aliphatic rings. The van der Waals surface area contributed by atoms with Crippen molar-refractivity contribution in [2.45, 2.75) is 26.2 Å². The number of nitriles is 1. The summed E-state index contributed by atoms with van der Waals surface area (Å²) >= 11 is 0. The lowest BCUT2D eigenvalue weighted by atomic mass is 9.93. The van der Waals surface area contributed by atoms with E-state index in [-0.39, 0.29) is 22.6 Å². The van der Waals surface area contributed by atoms with Gasteiger partial charge in [0.15, 0.2) is 5.65 Å². The largest absolute Gasteiger partial charge is 0.423 e. The zero-order valence-electron chi connectivity index (χ0n) is 21.9. The third-order valence-corrected chi connectivity index (χ3v) is 7.29. The number of carbonyl (C=O) groups is 1. The highest BCUT2D eigenvalue weighted by Crippen LogP contribution is 2.39. The van der Waals surface area contributed by atoms with Crippen molar-refractivity contribution in [3.8, 4) is 34.2 Å². The van der Waals surface area contributed by atoms with Gasteiger partial charge in [0.05, 0.1) is 22.2 Å². The molecule has 7 nitrogen and oxygen atoms in total. The zero-order valence-corrected chi connectivity index (χ0v) is 21.9. The molecule has 5 aromatic rings. The van der Waals surface area contributed by atoms with E-state index in [0.29, 0.717) is 16.8 Å². The number of aromatic amines is 1. The number of benzene rings is 3. The molecule has 0 spiro atoms. The molecule has 40 heavy (non-hydrogen) atoms. The number of aryl methyl sites for hydroxylation is 1. The molecule has 8 heteroatoms. The second-order valence-electron chi connectivity index (χ2n) is 9.86. The van der Waals surface area contributed by atoms with Gasteiger partial charge in [-0.25, -0.2) is 14.2 Å². The molecule has 0 amide bonds. The monoisotopic (exact) mass is 531 g/mol.